The minimum atomic E-state index is -0.110. The van der Waals surface area contributed by atoms with Crippen molar-refractivity contribution in [2.45, 2.75) is 52.4 Å². The minimum absolute atomic E-state index is 0.110. The number of rotatable bonds is 11. The molecule has 5 nitrogen and oxygen atoms in total. The SMILES string of the molecule is Cc1cnc(NC(=O)c2ccc(NCCCCCCCCN)cc2C)s1. The summed E-state index contributed by atoms with van der Waals surface area (Å²) in [6.45, 7) is 5.70. The highest BCUT2D eigenvalue weighted by molar-refractivity contribution is 7.15. The van der Waals surface area contributed by atoms with E-state index in [4.69, 9.17) is 5.73 Å². The van der Waals surface area contributed by atoms with Crippen LogP contribution in [0.4, 0.5) is 10.8 Å². The highest BCUT2D eigenvalue weighted by atomic mass is 32.1. The molecule has 142 valence electrons. The van der Waals surface area contributed by atoms with Gasteiger partial charge in [0.05, 0.1) is 0 Å². The van der Waals surface area contributed by atoms with E-state index in [0.29, 0.717) is 10.7 Å². The molecule has 1 amide bonds. The minimum Gasteiger partial charge on any atom is -0.385 e. The van der Waals surface area contributed by atoms with Crippen molar-refractivity contribution in [1.82, 2.24) is 4.98 Å². The zero-order valence-corrected chi connectivity index (χ0v) is 16.6. The molecule has 0 aliphatic rings. The second-order valence-corrected chi connectivity index (χ2v) is 7.83. The molecule has 0 aliphatic carbocycles. The van der Waals surface area contributed by atoms with Gasteiger partial charge in [-0.15, -0.1) is 11.3 Å². The lowest BCUT2D eigenvalue weighted by Crippen LogP contribution is -2.13. The first-order chi connectivity index (χ1) is 12.6. The Balaban J connectivity index is 1.75. The second kappa shape index (κ2) is 10.9. The summed E-state index contributed by atoms with van der Waals surface area (Å²) >= 11 is 1.48. The largest absolute Gasteiger partial charge is 0.385 e. The maximum Gasteiger partial charge on any atom is 0.257 e. The number of hydrogen-bond acceptors (Lipinski definition) is 5. The van der Waals surface area contributed by atoms with Crippen LogP contribution >= 0.6 is 11.3 Å². The normalized spacial score (nSPS) is 10.7. The lowest BCUT2D eigenvalue weighted by molar-refractivity contribution is 0.102. The Morgan fingerprint density at radius 1 is 1.12 bits per heavy atom. The molecule has 0 aliphatic heterocycles. The average Bonchev–Trinajstić information content (AvgIpc) is 3.02. The molecular formula is C20H30N4OS. The third-order valence-corrected chi connectivity index (χ3v) is 5.10. The second-order valence-electron chi connectivity index (χ2n) is 6.60. The van der Waals surface area contributed by atoms with E-state index in [0.717, 1.165) is 42.1 Å². The Hall–Kier alpha value is -1.92. The molecule has 26 heavy (non-hydrogen) atoms. The van der Waals surface area contributed by atoms with Crippen LogP contribution in [0.2, 0.25) is 0 Å². The molecule has 0 fully saturated rings. The number of nitrogens with two attached hydrogens (primary N) is 1. The Kier molecular flexibility index (Phi) is 8.58. The van der Waals surface area contributed by atoms with E-state index in [-0.39, 0.29) is 5.91 Å². The standard InChI is InChI=1S/C20H30N4OS/c1-15-13-17(22-12-8-6-4-3-5-7-11-21)9-10-18(15)19(25)24-20-23-14-16(2)26-20/h9-10,13-14,22H,3-8,11-12,21H2,1-2H3,(H,23,24,25). The molecule has 0 saturated carbocycles. The molecule has 1 heterocycles. The van der Waals surface area contributed by atoms with Crippen LogP contribution in [0, 0.1) is 13.8 Å². The third kappa shape index (κ3) is 6.77. The molecule has 1 aromatic heterocycles. The summed E-state index contributed by atoms with van der Waals surface area (Å²) in [4.78, 5) is 17.6. The Labute approximate surface area is 160 Å². The van der Waals surface area contributed by atoms with Gasteiger partial charge >= 0.3 is 0 Å². The van der Waals surface area contributed by atoms with Crippen LogP contribution in [0.25, 0.3) is 0 Å². The van der Waals surface area contributed by atoms with Gasteiger partial charge < -0.3 is 11.1 Å². The van der Waals surface area contributed by atoms with E-state index in [1.54, 1.807) is 6.20 Å². The van der Waals surface area contributed by atoms with Crippen LogP contribution in [0.15, 0.2) is 24.4 Å². The summed E-state index contributed by atoms with van der Waals surface area (Å²) < 4.78 is 0. The molecule has 6 heteroatoms. The first kappa shape index (κ1) is 20.4. The van der Waals surface area contributed by atoms with Gasteiger partial charge in [0.2, 0.25) is 0 Å². The smallest absolute Gasteiger partial charge is 0.257 e. The van der Waals surface area contributed by atoms with E-state index in [1.165, 1.54) is 37.0 Å². The van der Waals surface area contributed by atoms with Gasteiger partial charge in [0, 0.05) is 28.9 Å². The highest BCUT2D eigenvalue weighted by Crippen LogP contribution is 2.20. The van der Waals surface area contributed by atoms with Gasteiger partial charge in [-0.05, 0) is 57.0 Å². The molecule has 0 unspecified atom stereocenters. The number of aryl methyl sites for hydroxylation is 2. The average molecular weight is 375 g/mol. The topological polar surface area (TPSA) is 80.0 Å². The molecule has 0 bridgehead atoms. The number of amides is 1. The first-order valence-electron chi connectivity index (χ1n) is 9.38. The highest BCUT2D eigenvalue weighted by Gasteiger charge is 2.11. The van der Waals surface area contributed by atoms with Crippen molar-refractivity contribution < 1.29 is 4.79 Å². The number of unbranched alkanes of at least 4 members (excludes halogenated alkanes) is 5. The van der Waals surface area contributed by atoms with Crippen LogP contribution < -0.4 is 16.4 Å². The summed E-state index contributed by atoms with van der Waals surface area (Å²) in [7, 11) is 0. The number of thiazole rings is 1. The van der Waals surface area contributed by atoms with Crippen LogP contribution in [0.3, 0.4) is 0 Å². The van der Waals surface area contributed by atoms with Gasteiger partial charge in [-0.2, -0.15) is 0 Å². The van der Waals surface area contributed by atoms with E-state index >= 15 is 0 Å². The summed E-state index contributed by atoms with van der Waals surface area (Å²) in [5.74, 6) is -0.110. The van der Waals surface area contributed by atoms with Crippen molar-refractivity contribution in [2.75, 3.05) is 23.7 Å². The zero-order valence-electron chi connectivity index (χ0n) is 15.8. The molecule has 4 N–H and O–H groups in total. The third-order valence-electron chi connectivity index (χ3n) is 4.27. The lowest BCUT2D eigenvalue weighted by Gasteiger charge is -2.10. The molecular weight excluding hydrogens is 344 g/mol. The van der Waals surface area contributed by atoms with Gasteiger partial charge in [-0.1, -0.05) is 25.7 Å². The van der Waals surface area contributed by atoms with Crippen LogP contribution in [-0.4, -0.2) is 24.0 Å². The van der Waals surface area contributed by atoms with Crippen LogP contribution in [-0.2, 0) is 0 Å². The monoisotopic (exact) mass is 374 g/mol. The van der Waals surface area contributed by atoms with E-state index in [1.807, 2.05) is 32.0 Å². The maximum absolute atomic E-state index is 12.4. The molecule has 1 aromatic carbocycles. The first-order valence-corrected chi connectivity index (χ1v) is 10.2. The molecule has 0 atom stereocenters. The Morgan fingerprint density at radius 2 is 1.85 bits per heavy atom. The number of nitrogens with one attached hydrogen (secondary N) is 2. The van der Waals surface area contributed by atoms with Crippen molar-refractivity contribution in [1.29, 1.82) is 0 Å². The summed E-state index contributed by atoms with van der Waals surface area (Å²) in [5.41, 5.74) is 8.21. The fraction of sp³-hybridized carbons (Fsp3) is 0.500. The molecule has 0 saturated heterocycles. The fourth-order valence-corrected chi connectivity index (χ4v) is 3.47. The van der Waals surface area contributed by atoms with E-state index in [9.17, 15) is 4.79 Å². The number of hydrogen-bond donors (Lipinski definition) is 3. The summed E-state index contributed by atoms with van der Waals surface area (Å²) in [6, 6.07) is 5.87. The van der Waals surface area contributed by atoms with E-state index in [2.05, 4.69) is 15.6 Å². The predicted octanol–water partition coefficient (Wildman–Crippen LogP) is 4.72. The quantitative estimate of drug-likeness (QED) is 0.497. The number of carbonyl (C=O) groups excluding carboxylic acids is 1. The molecule has 2 rings (SSSR count). The zero-order chi connectivity index (χ0) is 18.8. The van der Waals surface area contributed by atoms with Crippen LogP contribution in [0.1, 0.15) is 59.3 Å². The fourth-order valence-electron chi connectivity index (χ4n) is 2.81. The van der Waals surface area contributed by atoms with Crippen molar-refractivity contribution in [2.24, 2.45) is 5.73 Å². The maximum atomic E-state index is 12.4. The number of nitrogens with zero attached hydrogens (tertiary/aromatic N) is 1. The Bertz CT molecular complexity index is 699. The molecule has 0 spiro atoms. The number of aromatic nitrogens is 1. The molecule has 2 aromatic rings. The lowest BCUT2D eigenvalue weighted by atomic mass is 10.1. The van der Waals surface area contributed by atoms with Crippen molar-refractivity contribution in [3.63, 3.8) is 0 Å². The van der Waals surface area contributed by atoms with Crippen LogP contribution in [0.5, 0.6) is 0 Å². The van der Waals surface area contributed by atoms with Gasteiger partial charge in [0.15, 0.2) is 5.13 Å². The van der Waals surface area contributed by atoms with Crippen molar-refractivity contribution in [3.05, 3.63) is 40.4 Å². The van der Waals surface area contributed by atoms with Gasteiger partial charge in [-0.25, -0.2) is 4.98 Å². The van der Waals surface area contributed by atoms with Crippen molar-refractivity contribution >= 4 is 28.1 Å². The van der Waals surface area contributed by atoms with Crippen molar-refractivity contribution in [3.8, 4) is 0 Å². The van der Waals surface area contributed by atoms with Gasteiger partial charge in [-0.3, -0.25) is 10.1 Å². The number of benzene rings is 1. The number of carbonyl (C=O) groups is 1. The van der Waals surface area contributed by atoms with Gasteiger partial charge in [0.25, 0.3) is 5.91 Å². The summed E-state index contributed by atoms with van der Waals surface area (Å²) in [6.07, 6.45) is 9.09. The predicted molar refractivity (Wildman–Crippen MR) is 111 cm³/mol. The summed E-state index contributed by atoms with van der Waals surface area (Å²) in [5, 5.41) is 6.94. The number of anilines is 2. The van der Waals surface area contributed by atoms with E-state index < -0.39 is 0 Å². The van der Waals surface area contributed by atoms with Gasteiger partial charge in [0.1, 0.15) is 0 Å². The molecule has 0 radical (unpaired) electrons. The Morgan fingerprint density at radius 3 is 2.50 bits per heavy atom.